The first-order chi connectivity index (χ1) is 9.85. The largest absolute Gasteiger partial charge is 0.444 e. The van der Waals surface area contributed by atoms with Crippen LogP contribution in [0.5, 0.6) is 0 Å². The molecule has 1 aliphatic heterocycles. The summed E-state index contributed by atoms with van der Waals surface area (Å²) in [4.78, 5) is 29.6. The van der Waals surface area contributed by atoms with E-state index in [9.17, 15) is 9.59 Å². The number of hydrogen-bond donors (Lipinski definition) is 1. The van der Waals surface area contributed by atoms with Crippen LogP contribution >= 0.6 is 0 Å². The van der Waals surface area contributed by atoms with Gasteiger partial charge in [0.05, 0.1) is 6.04 Å². The highest BCUT2D eigenvalue weighted by atomic mass is 16.6. The molecule has 21 heavy (non-hydrogen) atoms. The molecule has 0 spiro atoms. The Bertz CT molecular complexity index is 511. The summed E-state index contributed by atoms with van der Waals surface area (Å²) in [5, 5.41) is 2.80. The van der Waals surface area contributed by atoms with E-state index in [4.69, 9.17) is 4.74 Å². The highest BCUT2D eigenvalue weighted by Crippen LogP contribution is 2.14. The SMILES string of the molecule is CC(C)(C)OC(=O)NC1CCN(C(=O)c2ccncc2)C1. The maximum absolute atomic E-state index is 12.3. The molecule has 1 N–H and O–H groups in total. The van der Waals surface area contributed by atoms with E-state index in [2.05, 4.69) is 10.3 Å². The Morgan fingerprint density at radius 2 is 2.00 bits per heavy atom. The summed E-state index contributed by atoms with van der Waals surface area (Å²) >= 11 is 0. The zero-order chi connectivity index (χ0) is 15.5. The van der Waals surface area contributed by atoms with Gasteiger partial charge in [0.1, 0.15) is 5.60 Å². The third-order valence-electron chi connectivity index (χ3n) is 3.12. The van der Waals surface area contributed by atoms with Gasteiger partial charge in [-0.25, -0.2) is 4.79 Å². The van der Waals surface area contributed by atoms with Crippen LogP contribution < -0.4 is 5.32 Å². The van der Waals surface area contributed by atoms with E-state index in [1.54, 1.807) is 29.4 Å². The van der Waals surface area contributed by atoms with Gasteiger partial charge < -0.3 is 15.0 Å². The van der Waals surface area contributed by atoms with Crippen LogP contribution in [0.15, 0.2) is 24.5 Å². The van der Waals surface area contributed by atoms with Gasteiger partial charge in [-0.3, -0.25) is 9.78 Å². The van der Waals surface area contributed by atoms with Crippen molar-refractivity contribution >= 4 is 12.0 Å². The van der Waals surface area contributed by atoms with Crippen LogP contribution in [0.3, 0.4) is 0 Å². The van der Waals surface area contributed by atoms with Crippen molar-refractivity contribution in [1.82, 2.24) is 15.2 Å². The third kappa shape index (κ3) is 4.44. The van der Waals surface area contributed by atoms with Crippen molar-refractivity contribution in [1.29, 1.82) is 0 Å². The quantitative estimate of drug-likeness (QED) is 0.902. The second kappa shape index (κ2) is 6.11. The topological polar surface area (TPSA) is 71.5 Å². The number of hydrogen-bond acceptors (Lipinski definition) is 4. The van der Waals surface area contributed by atoms with Gasteiger partial charge in [-0.1, -0.05) is 0 Å². The van der Waals surface area contributed by atoms with E-state index in [1.165, 1.54) is 0 Å². The summed E-state index contributed by atoms with van der Waals surface area (Å²) < 4.78 is 5.22. The van der Waals surface area contributed by atoms with E-state index in [0.29, 0.717) is 18.7 Å². The molecule has 1 aromatic heterocycles. The molecule has 2 amide bonds. The number of likely N-dealkylation sites (tertiary alicyclic amines) is 1. The average molecular weight is 291 g/mol. The normalized spacial score (nSPS) is 18.4. The number of ether oxygens (including phenoxy) is 1. The van der Waals surface area contributed by atoms with Crippen molar-refractivity contribution in [3.05, 3.63) is 30.1 Å². The molecule has 6 heteroatoms. The molecule has 0 saturated carbocycles. The summed E-state index contributed by atoms with van der Waals surface area (Å²) in [6, 6.07) is 3.32. The molecule has 2 rings (SSSR count). The maximum atomic E-state index is 12.3. The maximum Gasteiger partial charge on any atom is 0.407 e. The summed E-state index contributed by atoms with van der Waals surface area (Å²) in [5.41, 5.74) is 0.0952. The van der Waals surface area contributed by atoms with Gasteiger partial charge in [0.15, 0.2) is 0 Å². The summed E-state index contributed by atoms with van der Waals surface area (Å²) in [6.45, 7) is 6.59. The molecule has 1 unspecified atom stereocenters. The minimum atomic E-state index is -0.519. The van der Waals surface area contributed by atoms with Gasteiger partial charge in [-0.05, 0) is 39.3 Å². The van der Waals surface area contributed by atoms with E-state index < -0.39 is 11.7 Å². The molecule has 1 atom stereocenters. The zero-order valence-electron chi connectivity index (χ0n) is 12.6. The van der Waals surface area contributed by atoms with Gasteiger partial charge in [0, 0.05) is 31.0 Å². The lowest BCUT2D eigenvalue weighted by Crippen LogP contribution is -2.41. The molecule has 6 nitrogen and oxygen atoms in total. The van der Waals surface area contributed by atoms with Gasteiger partial charge in [0.25, 0.3) is 5.91 Å². The van der Waals surface area contributed by atoms with Crippen molar-refractivity contribution < 1.29 is 14.3 Å². The number of carbonyl (C=O) groups excluding carboxylic acids is 2. The second-order valence-corrected chi connectivity index (χ2v) is 6.12. The number of nitrogens with zero attached hydrogens (tertiary/aromatic N) is 2. The van der Waals surface area contributed by atoms with Crippen molar-refractivity contribution in [3.63, 3.8) is 0 Å². The molecular weight excluding hydrogens is 270 g/mol. The molecule has 1 aliphatic rings. The summed E-state index contributed by atoms with van der Waals surface area (Å²) in [6.07, 6.45) is 3.49. The lowest BCUT2D eigenvalue weighted by atomic mass is 10.2. The van der Waals surface area contributed by atoms with Crippen LogP contribution in [-0.2, 0) is 4.74 Å². The van der Waals surface area contributed by atoms with E-state index in [-0.39, 0.29) is 11.9 Å². The number of carbonyl (C=O) groups is 2. The number of amides is 2. The Morgan fingerprint density at radius 3 is 2.62 bits per heavy atom. The average Bonchev–Trinajstić information content (AvgIpc) is 2.85. The monoisotopic (exact) mass is 291 g/mol. The van der Waals surface area contributed by atoms with Crippen LogP contribution in [0.4, 0.5) is 4.79 Å². The Morgan fingerprint density at radius 1 is 1.33 bits per heavy atom. The standard InChI is InChI=1S/C15H21N3O3/c1-15(2,3)21-14(20)17-12-6-9-18(10-12)13(19)11-4-7-16-8-5-11/h4-5,7-8,12H,6,9-10H2,1-3H3,(H,17,20). The zero-order valence-corrected chi connectivity index (χ0v) is 12.6. The molecule has 0 aromatic carbocycles. The molecule has 0 aliphatic carbocycles. The van der Waals surface area contributed by atoms with Crippen LogP contribution in [0.2, 0.25) is 0 Å². The number of rotatable bonds is 2. The summed E-state index contributed by atoms with van der Waals surface area (Å²) in [7, 11) is 0. The Balaban J connectivity index is 1.86. The third-order valence-corrected chi connectivity index (χ3v) is 3.12. The second-order valence-electron chi connectivity index (χ2n) is 6.12. The number of aromatic nitrogens is 1. The number of nitrogens with one attached hydrogen (secondary N) is 1. The molecule has 1 saturated heterocycles. The van der Waals surface area contributed by atoms with Crippen molar-refractivity contribution in [2.45, 2.75) is 38.8 Å². The first-order valence-corrected chi connectivity index (χ1v) is 7.04. The molecule has 1 fully saturated rings. The van der Waals surface area contributed by atoms with E-state index in [1.807, 2.05) is 20.8 Å². The molecule has 114 valence electrons. The molecule has 0 bridgehead atoms. The van der Waals surface area contributed by atoms with Crippen molar-refractivity contribution in [2.24, 2.45) is 0 Å². The fraction of sp³-hybridized carbons (Fsp3) is 0.533. The van der Waals surface area contributed by atoms with Gasteiger partial charge in [0.2, 0.25) is 0 Å². The van der Waals surface area contributed by atoms with Gasteiger partial charge in [-0.15, -0.1) is 0 Å². The van der Waals surface area contributed by atoms with Crippen molar-refractivity contribution in [2.75, 3.05) is 13.1 Å². The Labute approximate surface area is 124 Å². The highest BCUT2D eigenvalue weighted by molar-refractivity contribution is 5.94. The minimum absolute atomic E-state index is 0.0362. The Hall–Kier alpha value is -2.11. The smallest absolute Gasteiger partial charge is 0.407 e. The molecule has 0 radical (unpaired) electrons. The number of pyridine rings is 1. The molecular formula is C15H21N3O3. The van der Waals surface area contributed by atoms with Gasteiger partial charge >= 0.3 is 6.09 Å². The van der Waals surface area contributed by atoms with Gasteiger partial charge in [-0.2, -0.15) is 0 Å². The van der Waals surface area contributed by atoms with E-state index >= 15 is 0 Å². The number of alkyl carbamates (subject to hydrolysis) is 1. The van der Waals surface area contributed by atoms with E-state index in [0.717, 1.165) is 6.42 Å². The lowest BCUT2D eigenvalue weighted by molar-refractivity contribution is 0.0502. The molecule has 1 aromatic rings. The first kappa shape index (κ1) is 15.3. The molecule has 2 heterocycles. The highest BCUT2D eigenvalue weighted by Gasteiger charge is 2.29. The predicted octanol–water partition coefficient (Wildman–Crippen LogP) is 1.82. The fourth-order valence-corrected chi connectivity index (χ4v) is 2.21. The van der Waals surface area contributed by atoms with Crippen LogP contribution in [0.1, 0.15) is 37.6 Å². The Kier molecular flexibility index (Phi) is 4.45. The first-order valence-electron chi connectivity index (χ1n) is 7.04. The van der Waals surface area contributed by atoms with Crippen LogP contribution in [-0.4, -0.2) is 46.6 Å². The minimum Gasteiger partial charge on any atom is -0.444 e. The summed E-state index contributed by atoms with van der Waals surface area (Å²) in [5.74, 6) is -0.0362. The lowest BCUT2D eigenvalue weighted by Gasteiger charge is -2.22. The van der Waals surface area contributed by atoms with Crippen LogP contribution in [0.25, 0.3) is 0 Å². The fourth-order valence-electron chi connectivity index (χ4n) is 2.21. The predicted molar refractivity (Wildman–Crippen MR) is 77.9 cm³/mol. The van der Waals surface area contributed by atoms with Crippen LogP contribution in [0, 0.1) is 0 Å². The van der Waals surface area contributed by atoms with Crippen molar-refractivity contribution in [3.8, 4) is 0 Å².